The second-order valence-electron chi connectivity index (χ2n) is 5.38. The van der Waals surface area contributed by atoms with Gasteiger partial charge in [0.25, 0.3) is 0 Å². The average Bonchev–Trinajstić information content (AvgIpc) is 2.36. The lowest BCUT2D eigenvalue weighted by atomic mass is 9.76. The summed E-state index contributed by atoms with van der Waals surface area (Å²) >= 11 is 6.01. The second kappa shape index (κ2) is 6.29. The smallest absolute Gasteiger partial charge is 0.306 e. The molecule has 3 nitrogen and oxygen atoms in total. The van der Waals surface area contributed by atoms with Crippen molar-refractivity contribution in [3.63, 3.8) is 0 Å². The molecular formula is C15H21ClO3. The maximum absolute atomic E-state index is 11.2. The molecule has 19 heavy (non-hydrogen) atoms. The Kier molecular flexibility index (Phi) is 5.24. The summed E-state index contributed by atoms with van der Waals surface area (Å²) in [4.78, 5) is 11.2. The van der Waals surface area contributed by atoms with Crippen LogP contribution in [0.4, 0.5) is 0 Å². The summed E-state index contributed by atoms with van der Waals surface area (Å²) in [5.74, 6) is -0.455. The number of carbonyl (C=O) groups is 1. The Hall–Kier alpha value is -1.22. The topological polar surface area (TPSA) is 46.5 Å². The Labute approximate surface area is 119 Å². The van der Waals surface area contributed by atoms with Crippen LogP contribution in [0.25, 0.3) is 0 Å². The van der Waals surface area contributed by atoms with Crippen LogP contribution >= 0.6 is 11.6 Å². The molecule has 4 heteroatoms. The van der Waals surface area contributed by atoms with Gasteiger partial charge in [0, 0.05) is 0 Å². The van der Waals surface area contributed by atoms with Gasteiger partial charge in [0.05, 0.1) is 18.1 Å². The number of aliphatic carboxylic acids is 1. The summed E-state index contributed by atoms with van der Waals surface area (Å²) in [7, 11) is 1.57. The molecule has 0 heterocycles. The van der Waals surface area contributed by atoms with Crippen molar-refractivity contribution in [1.29, 1.82) is 0 Å². The van der Waals surface area contributed by atoms with E-state index < -0.39 is 5.97 Å². The molecule has 0 spiro atoms. The third-order valence-corrected chi connectivity index (χ3v) is 3.84. The summed E-state index contributed by atoms with van der Waals surface area (Å²) in [6, 6.07) is 5.61. The van der Waals surface area contributed by atoms with Gasteiger partial charge in [0.1, 0.15) is 5.75 Å². The van der Waals surface area contributed by atoms with Crippen molar-refractivity contribution in [2.45, 2.75) is 39.0 Å². The Morgan fingerprint density at radius 2 is 2.11 bits per heavy atom. The highest BCUT2D eigenvalue weighted by molar-refractivity contribution is 6.32. The largest absolute Gasteiger partial charge is 0.495 e. The zero-order chi connectivity index (χ0) is 14.6. The van der Waals surface area contributed by atoms with Crippen LogP contribution in [0.3, 0.4) is 0 Å². The first kappa shape index (κ1) is 15.8. The Bertz CT molecular complexity index is 455. The van der Waals surface area contributed by atoms with Gasteiger partial charge in [0.2, 0.25) is 0 Å². The molecule has 1 unspecified atom stereocenters. The normalized spacial score (nSPS) is 13.1. The van der Waals surface area contributed by atoms with E-state index in [2.05, 4.69) is 0 Å². The van der Waals surface area contributed by atoms with Gasteiger partial charge in [-0.2, -0.15) is 0 Å². The van der Waals surface area contributed by atoms with Crippen molar-refractivity contribution in [3.8, 4) is 5.75 Å². The highest BCUT2D eigenvalue weighted by Crippen LogP contribution is 2.36. The van der Waals surface area contributed by atoms with Crippen molar-refractivity contribution >= 4 is 17.6 Å². The first-order chi connectivity index (χ1) is 8.81. The van der Waals surface area contributed by atoms with Crippen molar-refractivity contribution in [2.24, 2.45) is 5.92 Å². The van der Waals surface area contributed by atoms with Crippen LogP contribution in [0, 0.1) is 5.92 Å². The summed E-state index contributed by atoms with van der Waals surface area (Å²) in [6.07, 6.45) is 1.22. The predicted octanol–water partition coefficient (Wildman–Crippen LogP) is 4.13. The molecule has 0 bridgehead atoms. The molecule has 0 aromatic heterocycles. The summed E-state index contributed by atoms with van der Waals surface area (Å²) in [6.45, 7) is 5.99. The number of hydrogen-bond acceptors (Lipinski definition) is 2. The van der Waals surface area contributed by atoms with Gasteiger partial charge >= 0.3 is 5.97 Å². The van der Waals surface area contributed by atoms with Crippen LogP contribution in [-0.4, -0.2) is 18.2 Å². The molecule has 0 radical (unpaired) electrons. The number of methoxy groups -OCH3 is 1. The van der Waals surface area contributed by atoms with Crippen LogP contribution in [0.1, 0.15) is 39.2 Å². The summed E-state index contributed by atoms with van der Waals surface area (Å²) < 4.78 is 5.21. The third-order valence-electron chi connectivity index (χ3n) is 3.53. The monoisotopic (exact) mass is 284 g/mol. The van der Waals surface area contributed by atoms with E-state index in [1.807, 2.05) is 32.9 Å². The maximum Gasteiger partial charge on any atom is 0.306 e. The summed E-state index contributed by atoms with van der Waals surface area (Å²) in [5, 5.41) is 9.74. The van der Waals surface area contributed by atoms with Crippen LogP contribution in [0.5, 0.6) is 5.75 Å². The molecule has 1 rings (SSSR count). The Morgan fingerprint density at radius 1 is 1.47 bits per heavy atom. The van der Waals surface area contributed by atoms with E-state index in [1.54, 1.807) is 13.2 Å². The van der Waals surface area contributed by atoms with Gasteiger partial charge in [-0.05, 0) is 36.0 Å². The highest BCUT2D eigenvalue weighted by Gasteiger charge is 2.28. The molecular weight excluding hydrogens is 264 g/mol. The van der Waals surface area contributed by atoms with Crippen molar-refractivity contribution in [2.75, 3.05) is 7.11 Å². The maximum atomic E-state index is 11.2. The van der Waals surface area contributed by atoms with E-state index in [1.165, 1.54) is 0 Å². The van der Waals surface area contributed by atoms with Crippen molar-refractivity contribution < 1.29 is 14.6 Å². The van der Waals surface area contributed by atoms with Crippen LogP contribution in [0.2, 0.25) is 5.02 Å². The zero-order valence-corrected chi connectivity index (χ0v) is 12.6. The molecule has 106 valence electrons. The number of hydrogen-bond donors (Lipinski definition) is 1. The standard InChI is InChI=1S/C15H21ClO3/c1-5-10(14(17)18)9-15(2,3)11-6-7-12(16)13(8-11)19-4/h6-8,10H,5,9H2,1-4H3,(H,17,18). The third kappa shape index (κ3) is 3.87. The molecule has 0 saturated carbocycles. The van der Waals surface area contributed by atoms with E-state index in [-0.39, 0.29) is 11.3 Å². The van der Waals surface area contributed by atoms with E-state index in [9.17, 15) is 9.90 Å². The van der Waals surface area contributed by atoms with Gasteiger partial charge in [-0.25, -0.2) is 0 Å². The number of halogens is 1. The molecule has 1 aromatic rings. The second-order valence-corrected chi connectivity index (χ2v) is 5.79. The zero-order valence-electron chi connectivity index (χ0n) is 11.9. The molecule has 0 amide bonds. The van der Waals surface area contributed by atoms with Crippen LogP contribution < -0.4 is 4.74 Å². The molecule has 0 saturated heterocycles. The Balaban J connectivity index is 3.02. The van der Waals surface area contributed by atoms with Gasteiger partial charge in [-0.3, -0.25) is 4.79 Å². The first-order valence-corrected chi connectivity index (χ1v) is 6.76. The molecule has 1 aromatic carbocycles. The fourth-order valence-electron chi connectivity index (χ4n) is 2.22. The fraction of sp³-hybridized carbons (Fsp3) is 0.533. The van der Waals surface area contributed by atoms with E-state index in [0.717, 1.165) is 5.56 Å². The minimum Gasteiger partial charge on any atom is -0.495 e. The van der Waals surface area contributed by atoms with Gasteiger partial charge < -0.3 is 9.84 Å². The first-order valence-electron chi connectivity index (χ1n) is 6.38. The summed E-state index contributed by atoms with van der Waals surface area (Å²) in [5.41, 5.74) is 0.796. The predicted molar refractivity (Wildman–Crippen MR) is 77.1 cm³/mol. The minimum atomic E-state index is -0.739. The quantitative estimate of drug-likeness (QED) is 0.854. The Morgan fingerprint density at radius 3 is 2.58 bits per heavy atom. The van der Waals surface area contributed by atoms with E-state index >= 15 is 0 Å². The number of ether oxygens (including phenoxy) is 1. The van der Waals surface area contributed by atoms with Crippen molar-refractivity contribution in [3.05, 3.63) is 28.8 Å². The molecule has 0 aliphatic heterocycles. The van der Waals surface area contributed by atoms with Crippen LogP contribution in [-0.2, 0) is 10.2 Å². The van der Waals surface area contributed by atoms with E-state index in [4.69, 9.17) is 16.3 Å². The number of carboxylic acids is 1. The lowest BCUT2D eigenvalue weighted by Gasteiger charge is -2.28. The van der Waals surface area contributed by atoms with Gasteiger partial charge in [-0.15, -0.1) is 0 Å². The van der Waals surface area contributed by atoms with E-state index in [0.29, 0.717) is 23.6 Å². The van der Waals surface area contributed by atoms with Crippen molar-refractivity contribution in [1.82, 2.24) is 0 Å². The fourth-order valence-corrected chi connectivity index (χ4v) is 2.42. The lowest BCUT2D eigenvalue weighted by molar-refractivity contribution is -0.142. The molecule has 1 atom stereocenters. The lowest BCUT2D eigenvalue weighted by Crippen LogP contribution is -2.26. The number of carboxylic acid groups (broad SMARTS) is 1. The SMILES string of the molecule is CCC(CC(C)(C)c1ccc(Cl)c(OC)c1)C(=O)O. The van der Waals surface area contributed by atoms with Crippen LogP contribution in [0.15, 0.2) is 18.2 Å². The van der Waals surface area contributed by atoms with Gasteiger partial charge in [0.15, 0.2) is 0 Å². The molecule has 1 N–H and O–H groups in total. The molecule has 0 fully saturated rings. The van der Waals surface area contributed by atoms with Gasteiger partial charge in [-0.1, -0.05) is 38.4 Å². The highest BCUT2D eigenvalue weighted by atomic mass is 35.5. The molecule has 0 aliphatic rings. The molecule has 0 aliphatic carbocycles. The average molecular weight is 285 g/mol. The number of rotatable bonds is 6. The minimum absolute atomic E-state index is 0.239. The number of benzene rings is 1.